The van der Waals surface area contributed by atoms with Gasteiger partial charge in [-0.1, -0.05) is 62.2 Å². The van der Waals surface area contributed by atoms with E-state index in [1.807, 2.05) is 69.3 Å². The Morgan fingerprint density at radius 1 is 1.03 bits per heavy atom. The summed E-state index contributed by atoms with van der Waals surface area (Å²) >= 11 is 1.52. The highest BCUT2D eigenvalue weighted by molar-refractivity contribution is 8.00. The van der Waals surface area contributed by atoms with E-state index in [4.69, 9.17) is 0 Å². The van der Waals surface area contributed by atoms with E-state index in [-0.39, 0.29) is 11.8 Å². The summed E-state index contributed by atoms with van der Waals surface area (Å²) in [5.74, 6) is 0.239. The maximum atomic E-state index is 13.3. The third-order valence-electron chi connectivity index (χ3n) is 5.20. The lowest BCUT2D eigenvalue weighted by Crippen LogP contribution is -2.49. The van der Waals surface area contributed by atoms with E-state index >= 15 is 0 Å². The van der Waals surface area contributed by atoms with Crippen LogP contribution in [0, 0.1) is 13.8 Å². The van der Waals surface area contributed by atoms with E-state index < -0.39 is 6.04 Å². The van der Waals surface area contributed by atoms with Crippen molar-refractivity contribution in [1.29, 1.82) is 0 Å². The van der Waals surface area contributed by atoms with E-state index in [2.05, 4.69) is 12.2 Å². The first-order valence-corrected chi connectivity index (χ1v) is 11.8. The molecule has 2 rings (SSSR count). The summed E-state index contributed by atoms with van der Waals surface area (Å²) in [4.78, 5) is 28.9. The molecule has 0 aliphatic carbocycles. The normalized spacial score (nSPS) is 11.7. The van der Waals surface area contributed by atoms with E-state index in [1.54, 1.807) is 4.90 Å². The first-order valence-electron chi connectivity index (χ1n) is 10.8. The number of carbonyl (C=O) groups excluding carboxylic acids is 2. The predicted octanol–water partition coefficient (Wildman–Crippen LogP) is 5.12. The van der Waals surface area contributed by atoms with Gasteiger partial charge in [-0.2, -0.15) is 0 Å². The number of benzene rings is 2. The molecular formula is C25H34N2O2S. The molecule has 0 radical (unpaired) electrons. The maximum Gasteiger partial charge on any atom is 0.242 e. The average molecular weight is 427 g/mol. The van der Waals surface area contributed by atoms with Crippen molar-refractivity contribution in [1.82, 2.24) is 10.2 Å². The van der Waals surface area contributed by atoms with Gasteiger partial charge in [-0.15, -0.1) is 11.8 Å². The molecule has 0 aliphatic rings. The number of carbonyl (C=O) groups is 2. The lowest BCUT2D eigenvalue weighted by atomic mass is 10.1. The molecule has 0 heterocycles. The summed E-state index contributed by atoms with van der Waals surface area (Å²) in [7, 11) is 0. The molecule has 0 saturated heterocycles. The zero-order chi connectivity index (χ0) is 21.9. The topological polar surface area (TPSA) is 49.4 Å². The van der Waals surface area contributed by atoms with Gasteiger partial charge < -0.3 is 10.2 Å². The standard InChI is InChI=1S/C25H34N2O2S/c1-5-7-16-26-25(29)23(6-2)27(17-21-11-9-8-10-20(21)4)24(28)18-30-22-14-12-19(3)13-15-22/h8-15,23H,5-7,16-18H2,1-4H3,(H,26,29)/t23-/m0/s1. The molecule has 0 aliphatic heterocycles. The van der Waals surface area contributed by atoms with Gasteiger partial charge in [0.2, 0.25) is 11.8 Å². The van der Waals surface area contributed by atoms with Gasteiger partial charge in [0, 0.05) is 18.0 Å². The van der Waals surface area contributed by atoms with Crippen molar-refractivity contribution in [3.8, 4) is 0 Å². The first kappa shape index (κ1) is 24.0. The Labute approximate surface area is 185 Å². The van der Waals surface area contributed by atoms with Crippen LogP contribution in [0.25, 0.3) is 0 Å². The summed E-state index contributed by atoms with van der Waals surface area (Å²) in [5.41, 5.74) is 3.40. The molecule has 30 heavy (non-hydrogen) atoms. The van der Waals surface area contributed by atoms with Crippen LogP contribution in [-0.4, -0.2) is 35.1 Å². The van der Waals surface area contributed by atoms with Gasteiger partial charge in [0.15, 0.2) is 0 Å². The number of aryl methyl sites for hydroxylation is 2. The van der Waals surface area contributed by atoms with Gasteiger partial charge in [0.1, 0.15) is 6.04 Å². The summed E-state index contributed by atoms with van der Waals surface area (Å²) in [6.07, 6.45) is 2.55. The Balaban J connectivity index is 2.17. The molecule has 5 heteroatoms. The SMILES string of the molecule is CCCCNC(=O)[C@H](CC)N(Cc1ccccc1C)C(=O)CSc1ccc(C)cc1. The van der Waals surface area contributed by atoms with Crippen LogP contribution in [0.1, 0.15) is 49.8 Å². The molecule has 2 amide bonds. The summed E-state index contributed by atoms with van der Waals surface area (Å²) < 4.78 is 0. The monoisotopic (exact) mass is 426 g/mol. The lowest BCUT2D eigenvalue weighted by Gasteiger charge is -2.31. The zero-order valence-electron chi connectivity index (χ0n) is 18.6. The second-order valence-corrected chi connectivity index (χ2v) is 8.67. The Hall–Kier alpha value is -2.27. The molecule has 0 fully saturated rings. The smallest absolute Gasteiger partial charge is 0.242 e. The quantitative estimate of drug-likeness (QED) is 0.401. The molecule has 0 bridgehead atoms. The Kier molecular flexibility index (Phi) is 9.95. The molecule has 1 atom stereocenters. The third-order valence-corrected chi connectivity index (χ3v) is 6.20. The van der Waals surface area contributed by atoms with Gasteiger partial charge in [0.25, 0.3) is 0 Å². The molecule has 2 aromatic carbocycles. The fourth-order valence-electron chi connectivity index (χ4n) is 3.26. The average Bonchev–Trinajstić information content (AvgIpc) is 2.74. The maximum absolute atomic E-state index is 13.3. The molecular weight excluding hydrogens is 392 g/mol. The van der Waals surface area contributed by atoms with Gasteiger partial charge in [-0.25, -0.2) is 0 Å². The summed E-state index contributed by atoms with van der Waals surface area (Å²) in [5, 5.41) is 3.01. The summed E-state index contributed by atoms with van der Waals surface area (Å²) in [6, 6.07) is 15.8. The molecule has 0 spiro atoms. The van der Waals surface area contributed by atoms with Crippen LogP contribution >= 0.6 is 11.8 Å². The number of nitrogens with one attached hydrogen (secondary N) is 1. The number of hydrogen-bond donors (Lipinski definition) is 1. The van der Waals surface area contributed by atoms with Gasteiger partial charge >= 0.3 is 0 Å². The lowest BCUT2D eigenvalue weighted by molar-refractivity contribution is -0.139. The van der Waals surface area contributed by atoms with Crippen molar-refractivity contribution in [3.63, 3.8) is 0 Å². The van der Waals surface area contributed by atoms with Crippen molar-refractivity contribution < 1.29 is 9.59 Å². The Morgan fingerprint density at radius 2 is 1.73 bits per heavy atom. The highest BCUT2D eigenvalue weighted by Crippen LogP contribution is 2.21. The van der Waals surface area contributed by atoms with E-state index in [1.165, 1.54) is 17.3 Å². The minimum atomic E-state index is -0.465. The first-order chi connectivity index (χ1) is 14.5. The van der Waals surface area contributed by atoms with Crippen molar-refractivity contribution >= 4 is 23.6 Å². The minimum absolute atomic E-state index is 0.0127. The van der Waals surface area contributed by atoms with Crippen molar-refractivity contribution in [2.24, 2.45) is 0 Å². The van der Waals surface area contributed by atoms with Crippen molar-refractivity contribution in [3.05, 3.63) is 65.2 Å². The fraction of sp³-hybridized carbons (Fsp3) is 0.440. The number of rotatable bonds is 11. The van der Waals surface area contributed by atoms with Gasteiger partial charge in [0.05, 0.1) is 5.75 Å². The number of hydrogen-bond acceptors (Lipinski definition) is 3. The van der Waals surface area contributed by atoms with Crippen LogP contribution in [0.2, 0.25) is 0 Å². The minimum Gasteiger partial charge on any atom is -0.354 e. The van der Waals surface area contributed by atoms with Crippen LogP contribution in [0.3, 0.4) is 0 Å². The number of thioether (sulfide) groups is 1. The Morgan fingerprint density at radius 3 is 2.37 bits per heavy atom. The largest absolute Gasteiger partial charge is 0.354 e. The second kappa shape index (κ2) is 12.4. The molecule has 162 valence electrons. The van der Waals surface area contributed by atoms with Crippen LogP contribution < -0.4 is 5.32 Å². The van der Waals surface area contributed by atoms with Crippen molar-refractivity contribution in [2.45, 2.75) is 64.4 Å². The van der Waals surface area contributed by atoms with Crippen LogP contribution in [0.15, 0.2) is 53.4 Å². The number of unbranched alkanes of at least 4 members (excludes halogenated alkanes) is 1. The predicted molar refractivity (Wildman–Crippen MR) is 126 cm³/mol. The molecule has 1 N–H and O–H groups in total. The van der Waals surface area contributed by atoms with Crippen LogP contribution in [-0.2, 0) is 16.1 Å². The molecule has 0 saturated carbocycles. The van der Waals surface area contributed by atoms with Crippen LogP contribution in [0.4, 0.5) is 0 Å². The van der Waals surface area contributed by atoms with Crippen LogP contribution in [0.5, 0.6) is 0 Å². The van der Waals surface area contributed by atoms with Gasteiger partial charge in [-0.05, 0) is 49.9 Å². The highest BCUT2D eigenvalue weighted by Gasteiger charge is 2.28. The second-order valence-electron chi connectivity index (χ2n) is 7.62. The molecule has 0 aromatic heterocycles. The van der Waals surface area contributed by atoms with E-state index in [0.29, 0.717) is 25.3 Å². The Bertz CT molecular complexity index is 820. The molecule has 2 aromatic rings. The fourth-order valence-corrected chi connectivity index (χ4v) is 4.04. The van der Waals surface area contributed by atoms with Crippen molar-refractivity contribution in [2.75, 3.05) is 12.3 Å². The van der Waals surface area contributed by atoms with E-state index in [0.717, 1.165) is 28.9 Å². The number of nitrogens with zero attached hydrogens (tertiary/aromatic N) is 1. The zero-order valence-corrected chi connectivity index (χ0v) is 19.4. The molecule has 0 unspecified atom stereocenters. The highest BCUT2D eigenvalue weighted by atomic mass is 32.2. The van der Waals surface area contributed by atoms with Gasteiger partial charge in [-0.3, -0.25) is 9.59 Å². The molecule has 4 nitrogen and oxygen atoms in total. The van der Waals surface area contributed by atoms with E-state index in [9.17, 15) is 9.59 Å². The summed E-state index contributed by atoms with van der Waals surface area (Å²) in [6.45, 7) is 9.25. The number of amides is 2. The third kappa shape index (κ3) is 7.21.